The topological polar surface area (TPSA) is 123 Å². The lowest BCUT2D eigenvalue weighted by Crippen LogP contribution is -2.41. The number of nitrogens with one attached hydrogen (secondary N) is 1. The van der Waals surface area contributed by atoms with Gasteiger partial charge in [-0.05, 0) is 31.2 Å². The summed E-state index contributed by atoms with van der Waals surface area (Å²) in [5.74, 6) is -0.533. The van der Waals surface area contributed by atoms with Crippen molar-refractivity contribution < 1.29 is 18.1 Å². The molecule has 0 saturated carbocycles. The third-order valence-corrected chi connectivity index (χ3v) is 9.24. The maximum Gasteiger partial charge on any atom is 0.270 e. The second kappa shape index (κ2) is 10.2. The highest BCUT2D eigenvalue weighted by Gasteiger charge is 2.33. The number of thioether (sulfide) groups is 1. The third-order valence-electron chi connectivity index (χ3n) is 5.60. The van der Waals surface area contributed by atoms with Crippen molar-refractivity contribution in [2.24, 2.45) is 5.92 Å². The fraction of sp³-hybridized carbons (Fsp3) is 0.273. The van der Waals surface area contributed by atoms with E-state index < -0.39 is 14.9 Å². The molecular formula is C22H22N4O5S3. The summed E-state index contributed by atoms with van der Waals surface area (Å²) in [6.07, 6.45) is 2.67. The van der Waals surface area contributed by atoms with E-state index in [1.54, 1.807) is 35.7 Å². The summed E-state index contributed by atoms with van der Waals surface area (Å²) in [4.78, 5) is 28.7. The first-order valence-electron chi connectivity index (χ1n) is 10.4. The predicted octanol–water partition coefficient (Wildman–Crippen LogP) is 4.48. The standard InChI is InChI=1S/C22H22N4O5S3/c1-32-19-7-2-3-8-20(19)34(30,31)25-11-9-15(10-12-25)21(27)24-22-23-18(14-33-22)16-5-4-6-17(13-16)26(28)29/h2-8,13-15H,9-12H2,1H3,(H,23,24,27). The van der Waals surface area contributed by atoms with Gasteiger partial charge in [0.25, 0.3) is 5.69 Å². The van der Waals surface area contributed by atoms with Crippen LogP contribution in [0.4, 0.5) is 10.8 Å². The Kier molecular flexibility index (Phi) is 7.31. The number of carbonyl (C=O) groups is 1. The van der Waals surface area contributed by atoms with E-state index in [1.165, 1.54) is 39.5 Å². The van der Waals surface area contributed by atoms with E-state index in [-0.39, 0.29) is 30.6 Å². The molecule has 2 aromatic carbocycles. The van der Waals surface area contributed by atoms with Gasteiger partial charge in [-0.15, -0.1) is 23.1 Å². The van der Waals surface area contributed by atoms with E-state index in [0.29, 0.717) is 39.0 Å². The molecule has 9 nitrogen and oxygen atoms in total. The van der Waals surface area contributed by atoms with Gasteiger partial charge >= 0.3 is 0 Å². The molecule has 1 saturated heterocycles. The molecule has 1 aliphatic rings. The van der Waals surface area contributed by atoms with Crippen molar-refractivity contribution in [3.05, 3.63) is 64.0 Å². The number of carbonyl (C=O) groups excluding carboxylic acids is 1. The number of nitro groups is 1. The van der Waals surface area contributed by atoms with Gasteiger partial charge in [-0.25, -0.2) is 13.4 Å². The number of nitro benzene ring substituents is 1. The molecular weight excluding hydrogens is 496 g/mol. The molecule has 0 bridgehead atoms. The lowest BCUT2D eigenvalue weighted by molar-refractivity contribution is -0.384. The van der Waals surface area contributed by atoms with Crippen molar-refractivity contribution in [2.75, 3.05) is 24.7 Å². The number of hydrogen-bond acceptors (Lipinski definition) is 8. The van der Waals surface area contributed by atoms with Gasteiger partial charge in [0.2, 0.25) is 15.9 Å². The third kappa shape index (κ3) is 5.14. The molecule has 34 heavy (non-hydrogen) atoms. The summed E-state index contributed by atoms with van der Waals surface area (Å²) < 4.78 is 27.6. The molecule has 1 amide bonds. The van der Waals surface area contributed by atoms with Gasteiger partial charge in [0.1, 0.15) is 0 Å². The number of amides is 1. The number of sulfonamides is 1. The van der Waals surface area contributed by atoms with E-state index in [1.807, 2.05) is 12.3 Å². The molecule has 1 N–H and O–H groups in total. The van der Waals surface area contributed by atoms with Crippen LogP contribution in [0.1, 0.15) is 12.8 Å². The fourth-order valence-corrected chi connectivity index (χ4v) is 7.09. The van der Waals surface area contributed by atoms with Gasteiger partial charge < -0.3 is 5.32 Å². The number of aromatic nitrogens is 1. The largest absolute Gasteiger partial charge is 0.302 e. The van der Waals surface area contributed by atoms with Crippen molar-refractivity contribution in [3.63, 3.8) is 0 Å². The predicted molar refractivity (Wildman–Crippen MR) is 133 cm³/mol. The Hall–Kier alpha value is -2.80. The molecule has 3 aromatic rings. The van der Waals surface area contributed by atoms with Crippen LogP contribution in [-0.2, 0) is 14.8 Å². The van der Waals surface area contributed by atoms with Gasteiger partial charge in [0.15, 0.2) is 5.13 Å². The Morgan fingerprint density at radius 1 is 1.21 bits per heavy atom. The van der Waals surface area contributed by atoms with Crippen molar-refractivity contribution >= 4 is 49.8 Å². The van der Waals surface area contributed by atoms with Crippen LogP contribution in [0, 0.1) is 16.0 Å². The highest BCUT2D eigenvalue weighted by molar-refractivity contribution is 7.99. The summed E-state index contributed by atoms with van der Waals surface area (Å²) in [7, 11) is -3.63. The smallest absolute Gasteiger partial charge is 0.270 e. The first-order valence-corrected chi connectivity index (χ1v) is 14.0. The van der Waals surface area contributed by atoms with Crippen LogP contribution in [0.15, 0.2) is 63.7 Å². The van der Waals surface area contributed by atoms with E-state index >= 15 is 0 Å². The number of rotatable bonds is 7. The van der Waals surface area contributed by atoms with Crippen LogP contribution in [0.3, 0.4) is 0 Å². The number of thiazole rings is 1. The first kappa shape index (κ1) is 24.3. The van der Waals surface area contributed by atoms with Gasteiger partial charge in [-0.1, -0.05) is 24.3 Å². The zero-order chi connectivity index (χ0) is 24.3. The molecule has 0 atom stereocenters. The quantitative estimate of drug-likeness (QED) is 0.278. The van der Waals surface area contributed by atoms with Crippen molar-refractivity contribution in [2.45, 2.75) is 22.6 Å². The number of non-ortho nitro benzene ring substituents is 1. The fourth-order valence-electron chi connectivity index (χ4n) is 3.78. The second-order valence-corrected chi connectivity index (χ2v) is 11.3. The van der Waals surface area contributed by atoms with Crippen molar-refractivity contribution in [1.82, 2.24) is 9.29 Å². The Morgan fingerprint density at radius 2 is 1.94 bits per heavy atom. The van der Waals surface area contributed by atoms with Crippen LogP contribution in [0.2, 0.25) is 0 Å². The zero-order valence-electron chi connectivity index (χ0n) is 18.2. The molecule has 1 fully saturated rings. The summed E-state index contributed by atoms with van der Waals surface area (Å²) in [6, 6.07) is 13.1. The van der Waals surface area contributed by atoms with E-state index in [4.69, 9.17) is 0 Å². The molecule has 1 aromatic heterocycles. The van der Waals surface area contributed by atoms with Crippen LogP contribution in [0.5, 0.6) is 0 Å². The number of benzene rings is 2. The Balaban J connectivity index is 1.38. The summed E-state index contributed by atoms with van der Waals surface area (Å²) in [6.45, 7) is 0.528. The molecule has 0 radical (unpaired) electrons. The van der Waals surface area contributed by atoms with Crippen LogP contribution >= 0.6 is 23.1 Å². The molecule has 4 rings (SSSR count). The number of piperidine rings is 1. The molecule has 0 aliphatic carbocycles. The summed E-state index contributed by atoms with van der Waals surface area (Å²) >= 11 is 2.62. The van der Waals surface area contributed by atoms with Crippen molar-refractivity contribution in [1.29, 1.82) is 0 Å². The maximum absolute atomic E-state index is 13.1. The molecule has 178 valence electrons. The van der Waals surface area contributed by atoms with Gasteiger partial charge in [0, 0.05) is 47.0 Å². The van der Waals surface area contributed by atoms with E-state index in [0.717, 1.165) is 0 Å². The SMILES string of the molecule is CSc1ccccc1S(=O)(=O)N1CCC(C(=O)Nc2nc(-c3cccc([N+](=O)[O-])c3)cs2)CC1. The first-order chi connectivity index (χ1) is 16.3. The van der Waals surface area contributed by atoms with E-state index in [2.05, 4.69) is 10.3 Å². The van der Waals surface area contributed by atoms with Gasteiger partial charge in [-0.2, -0.15) is 4.31 Å². The Labute approximate surface area is 205 Å². The highest BCUT2D eigenvalue weighted by atomic mass is 32.2. The van der Waals surface area contributed by atoms with Crippen molar-refractivity contribution in [3.8, 4) is 11.3 Å². The average Bonchev–Trinajstić information content (AvgIpc) is 3.32. The summed E-state index contributed by atoms with van der Waals surface area (Å²) in [5, 5.41) is 15.9. The summed E-state index contributed by atoms with van der Waals surface area (Å²) in [5.41, 5.74) is 1.10. The highest BCUT2D eigenvalue weighted by Crippen LogP contribution is 2.31. The Bertz CT molecular complexity index is 1320. The lowest BCUT2D eigenvalue weighted by atomic mass is 9.97. The maximum atomic E-state index is 13.1. The second-order valence-electron chi connectivity index (χ2n) is 7.66. The average molecular weight is 519 g/mol. The van der Waals surface area contributed by atoms with Gasteiger partial charge in [0.05, 0.1) is 15.5 Å². The minimum absolute atomic E-state index is 0.0297. The van der Waals surface area contributed by atoms with Gasteiger partial charge in [-0.3, -0.25) is 14.9 Å². The number of hydrogen-bond donors (Lipinski definition) is 1. The zero-order valence-corrected chi connectivity index (χ0v) is 20.7. The monoisotopic (exact) mass is 518 g/mol. The molecule has 1 aliphatic heterocycles. The minimum Gasteiger partial charge on any atom is -0.302 e. The molecule has 0 unspecified atom stereocenters. The minimum atomic E-state index is -3.63. The molecule has 0 spiro atoms. The van der Waals surface area contributed by atoms with Crippen LogP contribution < -0.4 is 5.32 Å². The van der Waals surface area contributed by atoms with Crippen LogP contribution in [-0.4, -0.2) is 47.9 Å². The Morgan fingerprint density at radius 3 is 2.65 bits per heavy atom. The molecule has 12 heteroatoms. The number of anilines is 1. The normalized spacial score (nSPS) is 15.2. The lowest BCUT2D eigenvalue weighted by Gasteiger charge is -2.30. The molecule has 2 heterocycles. The number of nitrogens with zero attached hydrogens (tertiary/aromatic N) is 3. The van der Waals surface area contributed by atoms with Crippen LogP contribution in [0.25, 0.3) is 11.3 Å². The van der Waals surface area contributed by atoms with E-state index in [9.17, 15) is 23.3 Å².